The van der Waals surface area contributed by atoms with Crippen LogP contribution >= 0.6 is 11.3 Å². The number of pyridine rings is 1. The average Bonchev–Trinajstić information content (AvgIpc) is 3.55. The highest BCUT2D eigenvalue weighted by Crippen LogP contribution is 2.34. The Kier molecular flexibility index (Phi) is 12.6. The highest BCUT2D eigenvalue weighted by molar-refractivity contribution is 7.87. The molecule has 14 nitrogen and oxygen atoms in total. The molecule has 0 radical (unpaired) electrons. The number of nitrogen functional groups attached to an aromatic ring is 1. The van der Waals surface area contributed by atoms with Crippen molar-refractivity contribution >= 4 is 72.1 Å². The molecule has 1 aliphatic rings. The largest absolute Gasteiger partial charge is 0.382 e. The molecule has 1 fully saturated rings. The van der Waals surface area contributed by atoms with Gasteiger partial charge in [0.2, 0.25) is 5.91 Å². The van der Waals surface area contributed by atoms with Gasteiger partial charge in [0.05, 0.1) is 41.3 Å². The van der Waals surface area contributed by atoms with Crippen molar-refractivity contribution in [2.75, 3.05) is 25.5 Å². The molecule has 16 heteroatoms. The first kappa shape index (κ1) is 39.1. The number of anilines is 1. The van der Waals surface area contributed by atoms with Gasteiger partial charge in [0, 0.05) is 18.4 Å². The van der Waals surface area contributed by atoms with E-state index in [9.17, 15) is 27.6 Å². The van der Waals surface area contributed by atoms with Crippen LogP contribution in [0.5, 0.6) is 0 Å². The van der Waals surface area contributed by atoms with Crippen LogP contribution < -0.4 is 11.1 Å². The number of imide groups is 1. The van der Waals surface area contributed by atoms with E-state index in [0.29, 0.717) is 12.4 Å². The van der Waals surface area contributed by atoms with E-state index < -0.39 is 50.4 Å². The molecule has 1 saturated heterocycles. The second-order valence-corrected chi connectivity index (χ2v) is 17.1. The molecule has 2 aromatic heterocycles. The number of nitrogens with two attached hydrogens (primary N) is 1. The maximum Gasteiger partial charge on any atom is 0.333 e. The average molecular weight is 734 g/mol. The van der Waals surface area contributed by atoms with Gasteiger partial charge in [0.1, 0.15) is 5.52 Å². The molecular formula is C34H47N5O9S2. The van der Waals surface area contributed by atoms with E-state index >= 15 is 0 Å². The van der Waals surface area contributed by atoms with Gasteiger partial charge < -0.3 is 20.6 Å². The quantitative estimate of drug-likeness (QED) is 0.0936. The zero-order valence-electron chi connectivity index (χ0n) is 29.2. The fourth-order valence-electron chi connectivity index (χ4n) is 5.74. The SMILES string of the molecule is CCCc1nc2c(N)nc3cc(CCCCCNC(=O)CC(C)(C)COCC(C)(C)CC(=O)ON4C(=O)CC(S(=O)(=O)O)C4=O)ccc3c2s1. The lowest BCUT2D eigenvalue weighted by atomic mass is 9.88. The number of hydrogen-bond acceptors (Lipinski definition) is 12. The molecule has 0 aliphatic carbocycles. The molecular weight excluding hydrogens is 687 g/mol. The van der Waals surface area contributed by atoms with Crippen LogP contribution in [0.1, 0.15) is 90.1 Å². The van der Waals surface area contributed by atoms with Crippen LogP contribution in [-0.2, 0) is 51.7 Å². The van der Waals surface area contributed by atoms with Gasteiger partial charge in [-0.05, 0) is 54.6 Å². The lowest BCUT2D eigenvalue weighted by Gasteiger charge is -2.28. The summed E-state index contributed by atoms with van der Waals surface area (Å²) in [7, 11) is -4.81. The number of hydroxylamine groups is 2. The number of hydrogen-bond donors (Lipinski definition) is 3. The third-order valence-corrected chi connectivity index (χ3v) is 10.5. The molecule has 1 aromatic carbocycles. The lowest BCUT2D eigenvalue weighted by molar-refractivity contribution is -0.199. The smallest absolute Gasteiger partial charge is 0.333 e. The number of nitrogens with zero attached hydrogens (tertiary/aromatic N) is 3. The minimum absolute atomic E-state index is 0.0840. The van der Waals surface area contributed by atoms with Gasteiger partial charge in [-0.15, -0.1) is 16.4 Å². The van der Waals surface area contributed by atoms with Crippen LogP contribution in [0.25, 0.3) is 21.1 Å². The van der Waals surface area contributed by atoms with Gasteiger partial charge >= 0.3 is 5.97 Å². The Labute approximate surface area is 296 Å². The summed E-state index contributed by atoms with van der Waals surface area (Å²) in [6.45, 7) is 10.3. The molecule has 0 saturated carbocycles. The lowest BCUT2D eigenvalue weighted by Crippen LogP contribution is -2.38. The van der Waals surface area contributed by atoms with Gasteiger partial charge in [-0.3, -0.25) is 18.9 Å². The normalized spacial score (nSPS) is 15.7. The molecule has 4 rings (SSSR count). The molecule has 0 bridgehead atoms. The zero-order valence-corrected chi connectivity index (χ0v) is 30.9. The highest BCUT2D eigenvalue weighted by Gasteiger charge is 2.48. The van der Waals surface area contributed by atoms with E-state index in [1.165, 1.54) is 5.56 Å². The van der Waals surface area contributed by atoms with Crippen molar-refractivity contribution in [3.63, 3.8) is 0 Å². The number of aromatic nitrogens is 2. The second kappa shape index (κ2) is 16.1. The first-order chi connectivity index (χ1) is 23.4. The summed E-state index contributed by atoms with van der Waals surface area (Å²) in [6.07, 6.45) is 4.81. The van der Waals surface area contributed by atoms with Crippen LogP contribution in [-0.4, -0.2) is 76.7 Å². The number of benzene rings is 1. The predicted molar refractivity (Wildman–Crippen MR) is 189 cm³/mol. The van der Waals surface area contributed by atoms with Crippen molar-refractivity contribution in [2.24, 2.45) is 10.8 Å². The monoisotopic (exact) mass is 733 g/mol. The molecule has 4 N–H and O–H groups in total. The summed E-state index contributed by atoms with van der Waals surface area (Å²) in [4.78, 5) is 63.3. The maximum atomic E-state index is 12.6. The number of amides is 3. The Hall–Kier alpha value is -3.73. The van der Waals surface area contributed by atoms with Crippen molar-refractivity contribution in [3.05, 3.63) is 28.8 Å². The predicted octanol–water partition coefficient (Wildman–Crippen LogP) is 4.53. The topological polar surface area (TPSA) is 208 Å². The Morgan fingerprint density at radius 3 is 2.42 bits per heavy atom. The molecule has 274 valence electrons. The van der Waals surface area contributed by atoms with Gasteiger partial charge in [-0.2, -0.15) is 8.42 Å². The molecule has 50 heavy (non-hydrogen) atoms. The third-order valence-electron chi connectivity index (χ3n) is 8.25. The summed E-state index contributed by atoms with van der Waals surface area (Å²) in [5.41, 5.74) is 7.84. The number of unbranched alkanes of at least 4 members (excludes halogenated alkanes) is 2. The van der Waals surface area contributed by atoms with Crippen LogP contribution in [0, 0.1) is 10.8 Å². The number of ether oxygens (including phenoxy) is 1. The Morgan fingerprint density at radius 1 is 1.06 bits per heavy atom. The van der Waals surface area contributed by atoms with Crippen LogP contribution in [0.4, 0.5) is 5.82 Å². The first-order valence-electron chi connectivity index (χ1n) is 16.7. The number of aryl methyl sites for hydroxylation is 2. The number of fused-ring (bicyclic) bond motifs is 3. The first-order valence-corrected chi connectivity index (χ1v) is 19.1. The molecule has 3 aromatic rings. The number of thiazole rings is 1. The summed E-state index contributed by atoms with van der Waals surface area (Å²) in [5, 5.41) is 3.24. The van der Waals surface area contributed by atoms with E-state index in [1.54, 1.807) is 25.2 Å². The van der Waals surface area contributed by atoms with Crippen molar-refractivity contribution < 1.29 is 41.7 Å². The molecule has 3 amide bonds. The summed E-state index contributed by atoms with van der Waals surface area (Å²) in [6, 6.07) is 6.36. The van der Waals surface area contributed by atoms with Gasteiger partial charge in [-0.25, -0.2) is 14.8 Å². The minimum atomic E-state index is -4.81. The molecule has 1 aliphatic heterocycles. The molecule has 1 unspecified atom stereocenters. The van der Waals surface area contributed by atoms with E-state index in [4.69, 9.17) is 19.9 Å². The van der Waals surface area contributed by atoms with E-state index in [2.05, 4.69) is 40.4 Å². The molecule has 0 spiro atoms. The second-order valence-electron chi connectivity index (χ2n) is 14.4. The molecule has 1 atom stereocenters. The minimum Gasteiger partial charge on any atom is -0.382 e. The van der Waals surface area contributed by atoms with E-state index in [0.717, 1.165) is 64.7 Å². The maximum absolute atomic E-state index is 12.6. The fraction of sp³-hybridized carbons (Fsp3) is 0.588. The number of carbonyl (C=O) groups excluding carboxylic acids is 4. The van der Waals surface area contributed by atoms with Gasteiger partial charge in [0.25, 0.3) is 21.9 Å². The Balaban J connectivity index is 1.12. The fourth-order valence-corrected chi connectivity index (χ4v) is 7.65. The van der Waals surface area contributed by atoms with Gasteiger partial charge in [-0.1, -0.05) is 53.2 Å². The Bertz CT molecular complexity index is 1860. The van der Waals surface area contributed by atoms with Crippen molar-refractivity contribution in [1.29, 1.82) is 0 Å². The number of nitrogens with one attached hydrogen (secondary N) is 1. The van der Waals surface area contributed by atoms with Crippen molar-refractivity contribution in [3.8, 4) is 0 Å². The van der Waals surface area contributed by atoms with Crippen LogP contribution in [0.3, 0.4) is 0 Å². The highest BCUT2D eigenvalue weighted by atomic mass is 32.2. The van der Waals surface area contributed by atoms with Gasteiger partial charge in [0.15, 0.2) is 11.1 Å². The number of rotatable bonds is 18. The standard InChI is InChI=1S/C34H47N5O9S2/c1-6-10-26-38-29-30(49-26)22-13-12-21(15-23(22)37-31(29)35)11-8-7-9-14-36-25(40)17-33(2,3)19-47-20-34(4,5)18-28(42)48-39-27(41)16-24(32(39)43)50(44,45)46/h12-13,15,24H,6-11,14,16-20H2,1-5H3,(H2,35,37)(H,36,40)(H,44,45,46). The van der Waals surface area contributed by atoms with Crippen molar-refractivity contribution in [1.82, 2.24) is 20.3 Å². The number of carbonyl (C=O) groups is 4. The van der Waals surface area contributed by atoms with E-state index in [1.807, 2.05) is 13.8 Å². The van der Waals surface area contributed by atoms with Crippen molar-refractivity contribution in [2.45, 2.75) is 97.7 Å². The van der Waals surface area contributed by atoms with Crippen LogP contribution in [0.15, 0.2) is 18.2 Å². The summed E-state index contributed by atoms with van der Waals surface area (Å²) >= 11 is 1.69. The zero-order chi connectivity index (χ0) is 36.9. The Morgan fingerprint density at radius 2 is 1.76 bits per heavy atom. The summed E-state index contributed by atoms with van der Waals surface area (Å²) < 4.78 is 38.6. The molecule has 3 heterocycles. The summed E-state index contributed by atoms with van der Waals surface area (Å²) in [5.74, 6) is -2.91. The third kappa shape index (κ3) is 10.4. The van der Waals surface area contributed by atoms with E-state index in [-0.39, 0.29) is 37.0 Å². The van der Waals surface area contributed by atoms with Crippen LogP contribution in [0.2, 0.25) is 0 Å².